The molecule has 3 aliphatic heterocycles. The number of carbonyl (C=O) groups excluding carboxylic acids is 2. The fourth-order valence-corrected chi connectivity index (χ4v) is 2.62. The molecule has 15 heavy (non-hydrogen) atoms. The van der Waals surface area contributed by atoms with Crippen LogP contribution in [-0.4, -0.2) is 42.9 Å². The highest BCUT2D eigenvalue weighted by Gasteiger charge is 2.40. The van der Waals surface area contributed by atoms with Crippen LogP contribution in [0.25, 0.3) is 0 Å². The fraction of sp³-hybridized carbons (Fsp3) is 0.818. The lowest BCUT2D eigenvalue weighted by Gasteiger charge is -2.43. The number of hydrogen-bond donors (Lipinski definition) is 0. The highest BCUT2D eigenvalue weighted by atomic mass is 16.5. The summed E-state index contributed by atoms with van der Waals surface area (Å²) in [6.07, 6.45) is 2.10. The van der Waals surface area contributed by atoms with Crippen LogP contribution in [0.3, 0.4) is 0 Å². The molecule has 2 bridgehead atoms. The topological polar surface area (TPSA) is 46.6 Å². The highest BCUT2D eigenvalue weighted by molar-refractivity contribution is 6.34. The number of carbonyl (C=O) groups is 2. The standard InChI is InChI=1S/C11H17NO3/c1-2-15-11(14)10(13)9-7-12-5-3-8(9)4-6-12/h8-9H,2-7H2,1H3. The molecule has 4 nitrogen and oxygen atoms in total. The SMILES string of the molecule is CCOC(=O)C(=O)C1CN2CCC1CC2. The van der Waals surface area contributed by atoms with Gasteiger partial charge in [0, 0.05) is 12.5 Å². The zero-order valence-electron chi connectivity index (χ0n) is 9.07. The predicted molar refractivity (Wildman–Crippen MR) is 54.3 cm³/mol. The van der Waals surface area contributed by atoms with E-state index in [2.05, 4.69) is 4.90 Å². The second-order valence-electron chi connectivity index (χ2n) is 4.33. The Kier molecular flexibility index (Phi) is 3.05. The molecule has 3 rings (SSSR count). The summed E-state index contributed by atoms with van der Waals surface area (Å²) in [5, 5.41) is 0. The molecule has 3 saturated heterocycles. The molecular formula is C11H17NO3. The summed E-state index contributed by atoms with van der Waals surface area (Å²) in [5.41, 5.74) is 0. The van der Waals surface area contributed by atoms with Crippen LogP contribution in [0, 0.1) is 11.8 Å². The number of nitrogens with zero attached hydrogens (tertiary/aromatic N) is 1. The average molecular weight is 211 g/mol. The van der Waals surface area contributed by atoms with Crippen molar-refractivity contribution in [3.8, 4) is 0 Å². The van der Waals surface area contributed by atoms with E-state index in [1.54, 1.807) is 6.92 Å². The fourth-order valence-electron chi connectivity index (χ4n) is 2.62. The molecule has 0 aromatic carbocycles. The van der Waals surface area contributed by atoms with E-state index in [1.165, 1.54) is 0 Å². The molecule has 4 heteroatoms. The Morgan fingerprint density at radius 3 is 2.47 bits per heavy atom. The Labute approximate surface area is 89.6 Å². The third-order valence-corrected chi connectivity index (χ3v) is 3.47. The zero-order valence-corrected chi connectivity index (χ0v) is 9.07. The lowest BCUT2D eigenvalue weighted by Crippen LogP contribution is -2.51. The van der Waals surface area contributed by atoms with Crippen LogP contribution in [0.5, 0.6) is 0 Å². The van der Waals surface area contributed by atoms with Crippen LogP contribution in [0.2, 0.25) is 0 Å². The maximum atomic E-state index is 11.8. The Morgan fingerprint density at radius 2 is 2.00 bits per heavy atom. The van der Waals surface area contributed by atoms with Crippen LogP contribution in [0.15, 0.2) is 0 Å². The number of esters is 1. The van der Waals surface area contributed by atoms with Crippen LogP contribution in [-0.2, 0) is 14.3 Å². The van der Waals surface area contributed by atoms with Gasteiger partial charge in [-0.05, 0) is 38.8 Å². The molecule has 1 atom stereocenters. The van der Waals surface area contributed by atoms with Crippen molar-refractivity contribution in [1.29, 1.82) is 0 Å². The molecule has 0 aromatic heterocycles. The van der Waals surface area contributed by atoms with Crippen LogP contribution in [0.4, 0.5) is 0 Å². The number of Topliss-reactive ketones (excluding diaryl/α,β-unsaturated/α-hetero) is 1. The van der Waals surface area contributed by atoms with E-state index in [4.69, 9.17) is 4.74 Å². The normalized spacial score (nSPS) is 33.8. The van der Waals surface area contributed by atoms with Gasteiger partial charge < -0.3 is 9.64 Å². The lowest BCUT2D eigenvalue weighted by atomic mass is 9.77. The zero-order chi connectivity index (χ0) is 10.8. The molecule has 3 aliphatic rings. The van der Waals surface area contributed by atoms with Gasteiger partial charge in [-0.15, -0.1) is 0 Å². The Bertz CT molecular complexity index is 269. The predicted octanol–water partition coefficient (Wildman–Crippen LogP) is 0.460. The minimum atomic E-state index is -0.642. The smallest absolute Gasteiger partial charge is 0.374 e. The minimum absolute atomic E-state index is 0.105. The van der Waals surface area contributed by atoms with E-state index in [0.717, 1.165) is 32.5 Å². The highest BCUT2D eigenvalue weighted by Crippen LogP contribution is 2.32. The number of ether oxygens (including phenoxy) is 1. The van der Waals surface area contributed by atoms with Crippen molar-refractivity contribution in [1.82, 2.24) is 4.90 Å². The summed E-state index contributed by atoms with van der Waals surface area (Å²) < 4.78 is 4.76. The van der Waals surface area contributed by atoms with Gasteiger partial charge in [0.25, 0.3) is 0 Å². The van der Waals surface area contributed by atoms with Gasteiger partial charge in [0.15, 0.2) is 0 Å². The molecule has 0 saturated carbocycles. The van der Waals surface area contributed by atoms with Gasteiger partial charge in [-0.25, -0.2) is 4.79 Å². The number of ketones is 1. The molecule has 3 fully saturated rings. The van der Waals surface area contributed by atoms with Gasteiger partial charge in [0.1, 0.15) is 0 Å². The maximum absolute atomic E-state index is 11.8. The summed E-state index contributed by atoms with van der Waals surface area (Å²) in [6, 6.07) is 0. The first-order chi connectivity index (χ1) is 7.22. The lowest BCUT2D eigenvalue weighted by molar-refractivity contribution is -0.158. The molecule has 1 unspecified atom stereocenters. The van der Waals surface area contributed by atoms with E-state index in [1.807, 2.05) is 0 Å². The molecule has 84 valence electrons. The van der Waals surface area contributed by atoms with E-state index >= 15 is 0 Å². The molecular weight excluding hydrogens is 194 g/mol. The summed E-state index contributed by atoms with van der Waals surface area (Å²) >= 11 is 0. The van der Waals surface area contributed by atoms with Crippen molar-refractivity contribution < 1.29 is 14.3 Å². The third kappa shape index (κ3) is 2.04. The van der Waals surface area contributed by atoms with Gasteiger partial charge >= 0.3 is 5.97 Å². The maximum Gasteiger partial charge on any atom is 0.374 e. The second kappa shape index (κ2) is 4.31. The van der Waals surface area contributed by atoms with E-state index < -0.39 is 5.97 Å². The van der Waals surface area contributed by atoms with E-state index in [-0.39, 0.29) is 18.3 Å². The first-order valence-electron chi connectivity index (χ1n) is 5.65. The Hall–Kier alpha value is -0.900. The average Bonchev–Trinajstić information content (AvgIpc) is 2.30. The molecule has 0 N–H and O–H groups in total. The molecule has 0 spiro atoms. The van der Waals surface area contributed by atoms with Gasteiger partial charge in [0.2, 0.25) is 5.78 Å². The van der Waals surface area contributed by atoms with Crippen LogP contribution in [0.1, 0.15) is 19.8 Å². The first kappa shape index (κ1) is 10.6. The third-order valence-electron chi connectivity index (χ3n) is 3.47. The van der Waals surface area contributed by atoms with E-state index in [0.29, 0.717) is 5.92 Å². The quantitative estimate of drug-likeness (QED) is 0.502. The van der Waals surface area contributed by atoms with Gasteiger partial charge in [-0.3, -0.25) is 4.79 Å². The Balaban J connectivity index is 1.98. The molecule has 3 heterocycles. The number of hydrogen-bond acceptors (Lipinski definition) is 4. The largest absolute Gasteiger partial charge is 0.460 e. The molecule has 0 amide bonds. The van der Waals surface area contributed by atoms with Crippen molar-refractivity contribution in [2.24, 2.45) is 11.8 Å². The summed E-state index contributed by atoms with van der Waals surface area (Å²) in [7, 11) is 0. The van der Waals surface area contributed by atoms with Crippen molar-refractivity contribution in [3.05, 3.63) is 0 Å². The Morgan fingerprint density at radius 1 is 1.33 bits per heavy atom. The molecule has 0 aromatic rings. The molecule has 0 aliphatic carbocycles. The van der Waals surface area contributed by atoms with Crippen molar-refractivity contribution in [3.63, 3.8) is 0 Å². The number of fused-ring (bicyclic) bond motifs is 3. The monoisotopic (exact) mass is 211 g/mol. The minimum Gasteiger partial charge on any atom is -0.460 e. The summed E-state index contributed by atoms with van der Waals surface area (Å²) in [6.45, 7) is 4.92. The van der Waals surface area contributed by atoms with Crippen molar-refractivity contribution >= 4 is 11.8 Å². The van der Waals surface area contributed by atoms with Gasteiger partial charge in [-0.1, -0.05) is 0 Å². The molecule has 0 radical (unpaired) electrons. The van der Waals surface area contributed by atoms with Crippen LogP contribution >= 0.6 is 0 Å². The number of rotatable bonds is 3. The van der Waals surface area contributed by atoms with E-state index in [9.17, 15) is 9.59 Å². The van der Waals surface area contributed by atoms with Crippen molar-refractivity contribution in [2.45, 2.75) is 19.8 Å². The summed E-state index contributed by atoms with van der Waals surface area (Å²) in [5.74, 6) is -0.652. The summed E-state index contributed by atoms with van der Waals surface area (Å²) in [4.78, 5) is 25.4. The van der Waals surface area contributed by atoms with Gasteiger partial charge in [0.05, 0.1) is 6.61 Å². The van der Waals surface area contributed by atoms with Gasteiger partial charge in [-0.2, -0.15) is 0 Å². The first-order valence-corrected chi connectivity index (χ1v) is 5.65. The second-order valence-corrected chi connectivity index (χ2v) is 4.33. The van der Waals surface area contributed by atoms with Crippen LogP contribution < -0.4 is 0 Å². The van der Waals surface area contributed by atoms with Crippen molar-refractivity contribution in [2.75, 3.05) is 26.2 Å². The number of piperidine rings is 3.